The molecule has 10 heteroatoms. The molecule has 1 aliphatic rings. The molecule has 0 aliphatic carbocycles. The first kappa shape index (κ1) is 21.6. The van der Waals surface area contributed by atoms with E-state index < -0.39 is 16.6 Å². The van der Waals surface area contributed by atoms with Gasteiger partial charge >= 0.3 is 6.55 Å². The molecule has 3 rings (SSSR count). The minimum atomic E-state index is -4.01. The van der Waals surface area contributed by atoms with Crippen molar-refractivity contribution in [3.63, 3.8) is 0 Å². The van der Waals surface area contributed by atoms with Crippen LogP contribution in [0, 0.1) is 6.92 Å². The van der Waals surface area contributed by atoms with Gasteiger partial charge < -0.3 is 0 Å². The Bertz CT molecular complexity index is 868. The van der Waals surface area contributed by atoms with Gasteiger partial charge in [-0.3, -0.25) is 9.62 Å². The highest BCUT2D eigenvalue weighted by molar-refractivity contribution is 7.92. The van der Waals surface area contributed by atoms with E-state index >= 15 is 0 Å². The largest absolute Gasteiger partial charge is 0.333 e. The number of likely N-dealkylation sites (tertiary alicyclic amines) is 1. The molecule has 6 nitrogen and oxygen atoms in total. The number of nitrogens with one attached hydrogen (secondary N) is 1. The van der Waals surface area contributed by atoms with Crippen LogP contribution < -0.4 is 4.72 Å². The van der Waals surface area contributed by atoms with Gasteiger partial charge in [0.2, 0.25) is 0 Å². The molecule has 0 atom stereocenters. The summed E-state index contributed by atoms with van der Waals surface area (Å²) in [5, 5.41) is 3.57. The van der Waals surface area contributed by atoms with Gasteiger partial charge in [0.15, 0.2) is 0 Å². The number of hydrogen-bond acceptors (Lipinski definition) is 4. The summed E-state index contributed by atoms with van der Waals surface area (Å²) in [6.45, 7) is 1.13. The number of sulfonamides is 1. The summed E-state index contributed by atoms with van der Waals surface area (Å²) in [5.41, 5.74) is 1.35. The van der Waals surface area contributed by atoms with E-state index in [2.05, 4.69) is 14.7 Å². The van der Waals surface area contributed by atoms with Gasteiger partial charge in [-0.25, -0.2) is 13.1 Å². The molecule has 0 bridgehead atoms. The lowest BCUT2D eigenvalue weighted by Gasteiger charge is -2.27. The standard InChI is InChI=1S/C17H22F2N4O2S.ClH/c1-13-16(12-23(20-13)17(18)19)26(24,25)21-15-8-4-3-7-14(15)11-22-9-5-2-6-10-22;/h3-4,7-8,12,17,21H,2,5-6,9-11H2,1H3;1H. The van der Waals surface area contributed by atoms with Crippen LogP contribution in [0.25, 0.3) is 0 Å². The highest BCUT2D eigenvalue weighted by Gasteiger charge is 2.24. The number of halogens is 3. The molecule has 0 amide bonds. The van der Waals surface area contributed by atoms with Gasteiger partial charge in [0, 0.05) is 6.54 Å². The van der Waals surface area contributed by atoms with Crippen molar-refractivity contribution >= 4 is 28.1 Å². The van der Waals surface area contributed by atoms with Crippen molar-refractivity contribution < 1.29 is 17.2 Å². The van der Waals surface area contributed by atoms with Crippen molar-refractivity contribution in [1.29, 1.82) is 0 Å². The summed E-state index contributed by atoms with van der Waals surface area (Å²) in [4.78, 5) is 2.04. The second-order valence-electron chi connectivity index (χ2n) is 6.44. The van der Waals surface area contributed by atoms with Crippen LogP contribution in [0.3, 0.4) is 0 Å². The predicted molar refractivity (Wildman–Crippen MR) is 102 cm³/mol. The zero-order chi connectivity index (χ0) is 18.7. The summed E-state index contributed by atoms with van der Waals surface area (Å²) in [7, 11) is -4.01. The zero-order valence-corrected chi connectivity index (χ0v) is 16.6. The maximum absolute atomic E-state index is 12.8. The normalized spacial score (nSPS) is 15.6. The van der Waals surface area contributed by atoms with Gasteiger partial charge in [0.25, 0.3) is 10.0 Å². The number of benzene rings is 1. The fraction of sp³-hybridized carbons (Fsp3) is 0.471. The van der Waals surface area contributed by atoms with Gasteiger partial charge in [-0.1, -0.05) is 24.6 Å². The van der Waals surface area contributed by atoms with Gasteiger partial charge in [-0.2, -0.15) is 13.9 Å². The van der Waals surface area contributed by atoms with Gasteiger partial charge in [-0.15, -0.1) is 12.4 Å². The number of nitrogens with zero attached hydrogens (tertiary/aromatic N) is 3. The van der Waals surface area contributed by atoms with E-state index in [0.717, 1.165) is 37.7 Å². The zero-order valence-electron chi connectivity index (χ0n) is 14.9. The summed E-state index contributed by atoms with van der Waals surface area (Å²) in [6, 6.07) is 7.16. The fourth-order valence-electron chi connectivity index (χ4n) is 3.14. The van der Waals surface area contributed by atoms with Crippen LogP contribution >= 0.6 is 12.4 Å². The van der Waals surface area contributed by atoms with Crippen LogP contribution in [-0.4, -0.2) is 36.2 Å². The Morgan fingerprint density at radius 1 is 1.19 bits per heavy atom. The molecule has 1 N–H and O–H groups in total. The van der Waals surface area contributed by atoms with Gasteiger partial charge in [0.05, 0.1) is 17.6 Å². The van der Waals surface area contributed by atoms with Crippen LogP contribution in [0.4, 0.5) is 14.5 Å². The number of anilines is 1. The predicted octanol–water partition coefficient (Wildman–Crippen LogP) is 3.80. The Morgan fingerprint density at radius 2 is 1.85 bits per heavy atom. The lowest BCUT2D eigenvalue weighted by atomic mass is 10.1. The van der Waals surface area contributed by atoms with E-state index in [1.165, 1.54) is 13.3 Å². The van der Waals surface area contributed by atoms with E-state index in [9.17, 15) is 17.2 Å². The van der Waals surface area contributed by atoms with Gasteiger partial charge in [0.1, 0.15) is 4.90 Å². The molecular formula is C17H23ClF2N4O2S. The smallest absolute Gasteiger partial charge is 0.299 e. The summed E-state index contributed by atoms with van der Waals surface area (Å²) >= 11 is 0. The maximum Gasteiger partial charge on any atom is 0.333 e. The monoisotopic (exact) mass is 420 g/mol. The molecule has 0 saturated carbocycles. The molecule has 0 spiro atoms. The lowest BCUT2D eigenvalue weighted by Crippen LogP contribution is -2.29. The first-order chi connectivity index (χ1) is 12.4. The molecule has 0 unspecified atom stereocenters. The number of hydrogen-bond donors (Lipinski definition) is 1. The third-order valence-corrected chi connectivity index (χ3v) is 5.93. The van der Waals surface area contributed by atoms with Gasteiger partial charge in [-0.05, 0) is 44.5 Å². The van der Waals surface area contributed by atoms with E-state index in [-0.39, 0.29) is 23.0 Å². The second-order valence-corrected chi connectivity index (χ2v) is 8.09. The molecule has 1 fully saturated rings. The quantitative estimate of drug-likeness (QED) is 0.771. The van der Waals surface area contributed by atoms with Crippen molar-refractivity contribution in [2.24, 2.45) is 0 Å². The van der Waals surface area contributed by atoms with E-state index in [1.54, 1.807) is 12.1 Å². The van der Waals surface area contributed by atoms with Crippen molar-refractivity contribution in [3.8, 4) is 0 Å². The average molecular weight is 421 g/mol. The number of rotatable bonds is 6. The first-order valence-electron chi connectivity index (χ1n) is 8.54. The molecule has 27 heavy (non-hydrogen) atoms. The number of aromatic nitrogens is 2. The maximum atomic E-state index is 12.8. The molecule has 1 aromatic heterocycles. The fourth-order valence-corrected chi connectivity index (χ4v) is 4.42. The Labute approximate surface area is 164 Å². The highest BCUT2D eigenvalue weighted by atomic mass is 35.5. The van der Waals surface area contributed by atoms with E-state index in [4.69, 9.17) is 0 Å². The molecule has 2 aromatic rings. The van der Waals surface area contributed by atoms with E-state index in [1.807, 2.05) is 12.1 Å². The van der Waals surface area contributed by atoms with Crippen molar-refractivity contribution in [2.75, 3.05) is 17.8 Å². The van der Waals surface area contributed by atoms with E-state index in [0.29, 0.717) is 16.9 Å². The lowest BCUT2D eigenvalue weighted by molar-refractivity contribution is 0.0561. The molecule has 1 aromatic carbocycles. The first-order valence-corrected chi connectivity index (χ1v) is 10.0. The number of alkyl halides is 2. The second kappa shape index (κ2) is 8.99. The number of para-hydroxylation sites is 1. The van der Waals surface area contributed by atoms with Crippen LogP contribution in [0.2, 0.25) is 0 Å². The van der Waals surface area contributed by atoms with Crippen molar-refractivity contribution in [3.05, 3.63) is 41.7 Å². The molecule has 1 aliphatic heterocycles. The Morgan fingerprint density at radius 3 is 2.48 bits per heavy atom. The Balaban J connectivity index is 0.00000261. The molecule has 150 valence electrons. The average Bonchev–Trinajstić information content (AvgIpc) is 3.00. The highest BCUT2D eigenvalue weighted by Crippen LogP contribution is 2.25. The molecule has 0 radical (unpaired) electrons. The summed E-state index contributed by atoms with van der Waals surface area (Å²) in [6.07, 6.45) is 4.35. The van der Waals surface area contributed by atoms with Crippen LogP contribution in [0.1, 0.15) is 37.1 Å². The number of aryl methyl sites for hydroxylation is 1. The Kier molecular flexibility index (Phi) is 7.19. The SMILES string of the molecule is Cc1nn(C(F)F)cc1S(=O)(=O)Nc1ccccc1CN1CCCCC1.Cl. The summed E-state index contributed by atoms with van der Waals surface area (Å²) < 4.78 is 53.8. The number of piperidine rings is 1. The Hall–Kier alpha value is -1.71. The third-order valence-electron chi connectivity index (χ3n) is 4.47. The van der Waals surface area contributed by atoms with Crippen molar-refractivity contribution in [1.82, 2.24) is 14.7 Å². The van der Waals surface area contributed by atoms with Crippen LogP contribution in [0.5, 0.6) is 0 Å². The minimum absolute atomic E-state index is 0. The van der Waals surface area contributed by atoms with Crippen LogP contribution in [-0.2, 0) is 16.6 Å². The van der Waals surface area contributed by atoms with Crippen LogP contribution in [0.15, 0.2) is 35.4 Å². The van der Waals surface area contributed by atoms with Crippen molar-refractivity contribution in [2.45, 2.75) is 44.2 Å². The summed E-state index contributed by atoms with van der Waals surface area (Å²) in [5.74, 6) is 0. The topological polar surface area (TPSA) is 67.2 Å². The molecular weight excluding hydrogens is 398 g/mol. The minimum Gasteiger partial charge on any atom is -0.299 e. The molecule has 2 heterocycles. The molecule has 1 saturated heterocycles. The third kappa shape index (κ3) is 5.18.